The molecule has 0 radical (unpaired) electrons. The molecule has 2 aliphatic heterocycles. The summed E-state index contributed by atoms with van der Waals surface area (Å²) in [6.07, 6.45) is -6.01. The maximum atomic E-state index is 13.9. The second-order valence-electron chi connectivity index (χ2n) is 12.9. The Hall–Kier alpha value is -3.43. The van der Waals surface area contributed by atoms with E-state index in [4.69, 9.17) is 33.2 Å². The predicted octanol–water partition coefficient (Wildman–Crippen LogP) is 2.60. The number of carbonyl (C=O) groups is 3. The Kier molecular flexibility index (Phi) is 12.2. The quantitative estimate of drug-likeness (QED) is 0.184. The number of ether oxygens (including phenoxy) is 7. The average molecular weight is 689 g/mol. The van der Waals surface area contributed by atoms with Crippen molar-refractivity contribution in [2.24, 2.45) is 5.92 Å². The zero-order valence-electron chi connectivity index (χ0n) is 28.8. The molecule has 2 aromatic rings. The van der Waals surface area contributed by atoms with Gasteiger partial charge in [0.05, 0.1) is 33.5 Å². The first kappa shape index (κ1) is 38.4. The van der Waals surface area contributed by atoms with Crippen LogP contribution >= 0.6 is 0 Å². The molecule has 2 aliphatic rings. The zero-order chi connectivity index (χ0) is 36.0. The van der Waals surface area contributed by atoms with Crippen molar-refractivity contribution in [3.8, 4) is 0 Å². The van der Waals surface area contributed by atoms with Crippen molar-refractivity contribution in [1.82, 2.24) is 0 Å². The number of benzene rings is 2. The molecular formula is C36H48O13. The first-order valence-electron chi connectivity index (χ1n) is 16.4. The van der Waals surface area contributed by atoms with Crippen molar-refractivity contribution in [2.75, 3.05) is 20.8 Å². The Labute approximate surface area is 286 Å². The maximum Gasteiger partial charge on any atom is 0.345 e. The third-order valence-corrected chi connectivity index (χ3v) is 9.09. The fourth-order valence-corrected chi connectivity index (χ4v) is 6.77. The van der Waals surface area contributed by atoms with Gasteiger partial charge < -0.3 is 48.5 Å². The van der Waals surface area contributed by atoms with Gasteiger partial charge in [0.15, 0.2) is 11.6 Å². The van der Waals surface area contributed by atoms with E-state index in [1.807, 2.05) is 60.7 Å². The molecule has 2 unspecified atom stereocenters. The van der Waals surface area contributed by atoms with Gasteiger partial charge in [0.2, 0.25) is 17.3 Å². The van der Waals surface area contributed by atoms with Gasteiger partial charge in [0, 0.05) is 6.42 Å². The first-order chi connectivity index (χ1) is 23.2. The number of esters is 3. The van der Waals surface area contributed by atoms with Gasteiger partial charge in [-0.2, -0.15) is 0 Å². The molecule has 0 amide bonds. The molecule has 2 aromatic carbocycles. The summed E-state index contributed by atoms with van der Waals surface area (Å²) in [5.74, 6) is -8.32. The maximum absolute atomic E-state index is 13.9. The van der Waals surface area contributed by atoms with E-state index in [1.54, 1.807) is 0 Å². The summed E-state index contributed by atoms with van der Waals surface area (Å²) in [4.78, 5) is 40.7. The van der Waals surface area contributed by atoms with Crippen molar-refractivity contribution in [1.29, 1.82) is 0 Å². The Morgan fingerprint density at radius 1 is 0.857 bits per heavy atom. The van der Waals surface area contributed by atoms with Crippen LogP contribution in [0.3, 0.4) is 0 Å². The molecular weight excluding hydrogens is 640 g/mol. The minimum Gasteiger partial charge on any atom is -0.467 e. The molecule has 2 fully saturated rings. The normalized spacial score (nSPS) is 30.3. The lowest BCUT2D eigenvalue weighted by Crippen LogP contribution is -2.75. The Bertz CT molecular complexity index is 1420. The molecule has 0 aromatic heterocycles. The number of methoxy groups -OCH3 is 2. The minimum atomic E-state index is -3.05. The van der Waals surface area contributed by atoms with Crippen LogP contribution in [0.5, 0.6) is 0 Å². The largest absolute Gasteiger partial charge is 0.467 e. The number of aliphatic hydroxyl groups is 3. The molecule has 0 saturated carbocycles. The molecule has 2 heterocycles. The Morgan fingerprint density at radius 3 is 2.04 bits per heavy atom. The van der Waals surface area contributed by atoms with E-state index in [0.29, 0.717) is 19.4 Å². The second kappa shape index (κ2) is 15.6. The predicted molar refractivity (Wildman–Crippen MR) is 172 cm³/mol. The molecule has 13 nitrogen and oxygen atoms in total. The molecule has 4 rings (SSSR count). The van der Waals surface area contributed by atoms with Crippen LogP contribution in [0.25, 0.3) is 0 Å². The highest BCUT2D eigenvalue weighted by Crippen LogP contribution is 2.54. The highest BCUT2D eigenvalue weighted by molar-refractivity contribution is 5.99. The van der Waals surface area contributed by atoms with Crippen LogP contribution in [0.15, 0.2) is 60.7 Å². The molecule has 0 bridgehead atoms. The van der Waals surface area contributed by atoms with Gasteiger partial charge >= 0.3 is 17.9 Å². The zero-order valence-corrected chi connectivity index (χ0v) is 28.8. The minimum absolute atomic E-state index is 0.0223. The van der Waals surface area contributed by atoms with Gasteiger partial charge in [-0.05, 0) is 57.1 Å². The molecule has 3 N–H and O–H groups in total. The SMILES string of the molecule is CCOC(=O)C1([C@@]2(C(=O)OC)OC(C)(C)O[C@@H]2C(=O)OC)OC(O)(CCC[C@@H](OCc2ccccc2)[C@H](C)Cc2ccccc2)[C@H](O)[C@H]1O. The average Bonchev–Trinajstić information content (AvgIpc) is 3.50. The summed E-state index contributed by atoms with van der Waals surface area (Å²) in [5.41, 5.74) is -3.89. The lowest BCUT2D eigenvalue weighted by atomic mass is 9.73. The molecule has 49 heavy (non-hydrogen) atoms. The summed E-state index contributed by atoms with van der Waals surface area (Å²) in [7, 11) is 1.98. The van der Waals surface area contributed by atoms with Gasteiger partial charge in [-0.25, -0.2) is 14.4 Å². The third kappa shape index (κ3) is 7.53. The Morgan fingerprint density at radius 2 is 1.47 bits per heavy atom. The number of aliphatic hydroxyl groups excluding tert-OH is 2. The molecule has 0 aliphatic carbocycles. The highest BCUT2D eigenvalue weighted by Gasteiger charge is 2.84. The van der Waals surface area contributed by atoms with Crippen molar-refractivity contribution in [3.63, 3.8) is 0 Å². The van der Waals surface area contributed by atoms with E-state index in [2.05, 4.69) is 6.92 Å². The van der Waals surface area contributed by atoms with Crippen LogP contribution in [-0.2, 0) is 60.6 Å². The number of carbonyl (C=O) groups excluding carboxylic acids is 3. The Balaban J connectivity index is 1.66. The standard InChI is InChI=1S/C36H48O13/c1-7-45-32(41)35(36(31(40)44-6)29(30(39)43-5)47-33(3,4)48-36)28(38)27(37)34(42,49-35)20-14-19-26(46-22-25-17-12-9-13-18-25)23(2)21-24-15-10-8-11-16-24/h8-13,15-18,23,26-29,37-38,42H,7,14,19-22H2,1-6H3/t23-,26-,27-,28-,29-,34?,35?,36-/m1/s1. The fourth-order valence-electron chi connectivity index (χ4n) is 6.77. The van der Waals surface area contributed by atoms with E-state index in [-0.39, 0.29) is 31.5 Å². The number of hydrogen-bond acceptors (Lipinski definition) is 13. The van der Waals surface area contributed by atoms with Crippen molar-refractivity contribution >= 4 is 17.9 Å². The van der Waals surface area contributed by atoms with Crippen molar-refractivity contribution < 1.29 is 62.9 Å². The summed E-state index contributed by atoms with van der Waals surface area (Å²) in [6.45, 7) is 6.28. The second-order valence-corrected chi connectivity index (χ2v) is 12.9. The van der Waals surface area contributed by atoms with Gasteiger partial charge in [-0.15, -0.1) is 0 Å². The van der Waals surface area contributed by atoms with Crippen LogP contribution in [0.2, 0.25) is 0 Å². The molecule has 2 saturated heterocycles. The van der Waals surface area contributed by atoms with Crippen molar-refractivity contribution in [2.45, 2.75) is 107 Å². The monoisotopic (exact) mass is 688 g/mol. The number of rotatable bonds is 15. The third-order valence-electron chi connectivity index (χ3n) is 9.09. The van der Waals surface area contributed by atoms with E-state index < -0.39 is 59.0 Å². The summed E-state index contributed by atoms with van der Waals surface area (Å²) < 4.78 is 39.2. The fraction of sp³-hybridized carbons (Fsp3) is 0.583. The van der Waals surface area contributed by atoms with E-state index in [0.717, 1.165) is 25.3 Å². The van der Waals surface area contributed by atoms with E-state index >= 15 is 0 Å². The van der Waals surface area contributed by atoms with E-state index in [9.17, 15) is 29.7 Å². The lowest BCUT2D eigenvalue weighted by molar-refractivity contribution is -0.297. The summed E-state index contributed by atoms with van der Waals surface area (Å²) >= 11 is 0. The highest BCUT2D eigenvalue weighted by atomic mass is 16.8. The smallest absolute Gasteiger partial charge is 0.345 e. The van der Waals surface area contributed by atoms with Gasteiger partial charge in [-0.3, -0.25) is 0 Å². The van der Waals surface area contributed by atoms with E-state index in [1.165, 1.54) is 20.8 Å². The van der Waals surface area contributed by atoms with Gasteiger partial charge in [0.1, 0.15) is 12.2 Å². The van der Waals surface area contributed by atoms with Crippen LogP contribution in [-0.4, -0.2) is 101 Å². The summed E-state index contributed by atoms with van der Waals surface area (Å²) in [6, 6.07) is 19.6. The first-order valence-corrected chi connectivity index (χ1v) is 16.4. The van der Waals surface area contributed by atoms with Crippen LogP contribution in [0.4, 0.5) is 0 Å². The molecule has 8 atom stereocenters. The van der Waals surface area contributed by atoms with Crippen LogP contribution in [0, 0.1) is 5.92 Å². The topological polar surface area (TPSA) is 177 Å². The van der Waals surface area contributed by atoms with Crippen LogP contribution in [0.1, 0.15) is 58.1 Å². The van der Waals surface area contributed by atoms with Crippen molar-refractivity contribution in [3.05, 3.63) is 71.8 Å². The summed E-state index contributed by atoms with van der Waals surface area (Å²) in [5, 5.41) is 34.9. The van der Waals surface area contributed by atoms with Gasteiger partial charge in [0.25, 0.3) is 0 Å². The van der Waals surface area contributed by atoms with Crippen LogP contribution < -0.4 is 0 Å². The molecule has 13 heteroatoms. The molecule has 0 spiro atoms. The molecule has 270 valence electrons. The number of hydrogen-bond donors (Lipinski definition) is 3. The van der Waals surface area contributed by atoms with Gasteiger partial charge in [-0.1, -0.05) is 67.6 Å². The lowest BCUT2D eigenvalue weighted by Gasteiger charge is -2.43.